The van der Waals surface area contributed by atoms with Crippen LogP contribution in [-0.2, 0) is 16.1 Å². The van der Waals surface area contributed by atoms with Gasteiger partial charge in [0.25, 0.3) is 0 Å². The van der Waals surface area contributed by atoms with Gasteiger partial charge in [-0.15, -0.1) is 0 Å². The van der Waals surface area contributed by atoms with E-state index in [9.17, 15) is 4.79 Å². The molecule has 0 spiro atoms. The standard InChI is InChI=1S/C14H14ClNO2/c15-12-2-1-10-3-5-16(13(10)7-12)8-14(17)11-4-6-18-9-11/h1-3,5,7,11H,4,6,8-9H2. The van der Waals surface area contributed by atoms with Crippen LogP contribution in [0.1, 0.15) is 6.42 Å². The summed E-state index contributed by atoms with van der Waals surface area (Å²) in [5.74, 6) is 0.298. The lowest BCUT2D eigenvalue weighted by Gasteiger charge is -2.09. The van der Waals surface area contributed by atoms with Gasteiger partial charge in [0.1, 0.15) is 0 Å². The largest absolute Gasteiger partial charge is 0.381 e. The van der Waals surface area contributed by atoms with Crippen LogP contribution in [0.15, 0.2) is 30.5 Å². The van der Waals surface area contributed by atoms with Crippen molar-refractivity contribution in [3.8, 4) is 0 Å². The summed E-state index contributed by atoms with van der Waals surface area (Å²) in [7, 11) is 0. The van der Waals surface area contributed by atoms with Crippen LogP contribution in [0.25, 0.3) is 10.9 Å². The molecule has 0 saturated carbocycles. The maximum atomic E-state index is 12.1. The molecule has 18 heavy (non-hydrogen) atoms. The number of nitrogens with zero attached hydrogens (tertiary/aromatic N) is 1. The van der Waals surface area contributed by atoms with E-state index in [4.69, 9.17) is 16.3 Å². The van der Waals surface area contributed by atoms with E-state index in [2.05, 4.69) is 0 Å². The number of aromatic nitrogens is 1. The first kappa shape index (κ1) is 11.8. The van der Waals surface area contributed by atoms with Crippen molar-refractivity contribution in [2.24, 2.45) is 5.92 Å². The highest BCUT2D eigenvalue weighted by Gasteiger charge is 2.23. The Bertz CT molecular complexity index is 584. The minimum absolute atomic E-state index is 0.0571. The molecule has 3 rings (SSSR count). The van der Waals surface area contributed by atoms with E-state index in [1.54, 1.807) is 0 Å². The minimum atomic E-state index is 0.0571. The molecule has 4 heteroatoms. The van der Waals surface area contributed by atoms with Gasteiger partial charge in [0.15, 0.2) is 5.78 Å². The van der Waals surface area contributed by atoms with Crippen LogP contribution in [-0.4, -0.2) is 23.6 Å². The first-order valence-electron chi connectivity index (χ1n) is 6.09. The summed E-state index contributed by atoms with van der Waals surface area (Å²) in [6.45, 7) is 1.67. The van der Waals surface area contributed by atoms with Gasteiger partial charge in [0.2, 0.25) is 0 Å². The van der Waals surface area contributed by atoms with E-state index < -0.39 is 0 Å². The fraction of sp³-hybridized carbons (Fsp3) is 0.357. The number of ketones is 1. The summed E-state index contributed by atoms with van der Waals surface area (Å²) in [5.41, 5.74) is 1.01. The van der Waals surface area contributed by atoms with Gasteiger partial charge < -0.3 is 9.30 Å². The summed E-state index contributed by atoms with van der Waals surface area (Å²) in [5, 5.41) is 1.80. The van der Waals surface area contributed by atoms with Crippen molar-refractivity contribution in [1.82, 2.24) is 4.57 Å². The number of Topliss-reactive ketones (excluding diaryl/α,β-unsaturated/α-hetero) is 1. The molecule has 0 amide bonds. The van der Waals surface area contributed by atoms with E-state index in [1.807, 2.05) is 35.0 Å². The van der Waals surface area contributed by atoms with Gasteiger partial charge in [-0.05, 0) is 30.0 Å². The van der Waals surface area contributed by atoms with Crippen molar-refractivity contribution in [1.29, 1.82) is 0 Å². The zero-order chi connectivity index (χ0) is 12.5. The lowest BCUT2D eigenvalue weighted by molar-refractivity contribution is -0.123. The van der Waals surface area contributed by atoms with Crippen LogP contribution in [0.4, 0.5) is 0 Å². The topological polar surface area (TPSA) is 31.2 Å². The highest BCUT2D eigenvalue weighted by molar-refractivity contribution is 6.31. The van der Waals surface area contributed by atoms with Crippen LogP contribution in [0.5, 0.6) is 0 Å². The number of carbonyl (C=O) groups is 1. The SMILES string of the molecule is O=C(Cn1ccc2ccc(Cl)cc21)C1CCOC1. The Morgan fingerprint density at radius 1 is 1.44 bits per heavy atom. The average molecular weight is 264 g/mol. The quantitative estimate of drug-likeness (QED) is 0.853. The number of halogens is 1. The van der Waals surface area contributed by atoms with E-state index in [1.165, 1.54) is 0 Å². The van der Waals surface area contributed by atoms with Crippen LogP contribution >= 0.6 is 11.6 Å². The van der Waals surface area contributed by atoms with Crippen LogP contribution in [0, 0.1) is 5.92 Å². The molecule has 1 aliphatic rings. The molecule has 0 N–H and O–H groups in total. The zero-order valence-corrected chi connectivity index (χ0v) is 10.7. The Labute approximate surface area is 110 Å². The molecular formula is C14H14ClNO2. The monoisotopic (exact) mass is 263 g/mol. The number of fused-ring (bicyclic) bond motifs is 1. The number of rotatable bonds is 3. The summed E-state index contributed by atoms with van der Waals surface area (Å²) in [6.07, 6.45) is 2.79. The number of carbonyl (C=O) groups excluding carboxylic acids is 1. The van der Waals surface area contributed by atoms with Gasteiger partial charge >= 0.3 is 0 Å². The van der Waals surface area contributed by atoms with Crippen molar-refractivity contribution < 1.29 is 9.53 Å². The predicted octanol–water partition coefficient (Wildman–Crippen LogP) is 2.90. The molecular weight excluding hydrogens is 250 g/mol. The third kappa shape index (κ3) is 2.16. The summed E-state index contributed by atoms with van der Waals surface area (Å²) < 4.78 is 7.21. The van der Waals surface area contributed by atoms with Gasteiger partial charge in [-0.3, -0.25) is 4.79 Å². The molecule has 0 radical (unpaired) electrons. The molecule has 3 nitrogen and oxygen atoms in total. The van der Waals surface area contributed by atoms with Crippen molar-refractivity contribution in [3.05, 3.63) is 35.5 Å². The lowest BCUT2D eigenvalue weighted by atomic mass is 10.0. The Kier molecular flexibility index (Phi) is 3.10. The normalized spacial score (nSPS) is 19.5. The van der Waals surface area contributed by atoms with Crippen LogP contribution in [0.2, 0.25) is 5.02 Å². The van der Waals surface area contributed by atoms with E-state index in [-0.39, 0.29) is 11.7 Å². The minimum Gasteiger partial charge on any atom is -0.381 e. The van der Waals surface area contributed by atoms with Crippen LogP contribution < -0.4 is 0 Å². The second kappa shape index (κ2) is 4.75. The zero-order valence-electron chi connectivity index (χ0n) is 9.93. The first-order valence-corrected chi connectivity index (χ1v) is 6.47. The molecule has 1 fully saturated rings. The molecule has 1 aromatic carbocycles. The molecule has 0 bridgehead atoms. The van der Waals surface area contributed by atoms with E-state index in [0.717, 1.165) is 17.3 Å². The molecule has 1 saturated heterocycles. The Balaban J connectivity index is 1.85. The molecule has 1 aliphatic heterocycles. The van der Waals surface area contributed by atoms with Gasteiger partial charge in [0, 0.05) is 29.3 Å². The highest BCUT2D eigenvalue weighted by Crippen LogP contribution is 2.22. The molecule has 1 atom stereocenters. The summed E-state index contributed by atoms with van der Waals surface area (Å²) >= 11 is 5.99. The number of hydrogen-bond acceptors (Lipinski definition) is 2. The fourth-order valence-corrected chi connectivity index (χ4v) is 2.55. The molecule has 2 heterocycles. The van der Waals surface area contributed by atoms with Gasteiger partial charge in [-0.2, -0.15) is 0 Å². The summed E-state index contributed by atoms with van der Waals surface area (Å²) in [6, 6.07) is 7.73. The fourth-order valence-electron chi connectivity index (χ4n) is 2.38. The van der Waals surface area contributed by atoms with Crippen molar-refractivity contribution >= 4 is 28.3 Å². The first-order chi connectivity index (χ1) is 8.74. The van der Waals surface area contributed by atoms with Gasteiger partial charge in [-0.1, -0.05) is 17.7 Å². The highest BCUT2D eigenvalue weighted by atomic mass is 35.5. The maximum Gasteiger partial charge on any atom is 0.157 e. The average Bonchev–Trinajstić information content (AvgIpc) is 2.99. The second-order valence-electron chi connectivity index (χ2n) is 4.67. The Morgan fingerprint density at radius 3 is 3.11 bits per heavy atom. The third-order valence-electron chi connectivity index (χ3n) is 3.45. The van der Waals surface area contributed by atoms with Crippen molar-refractivity contribution in [3.63, 3.8) is 0 Å². The van der Waals surface area contributed by atoms with Crippen molar-refractivity contribution in [2.45, 2.75) is 13.0 Å². The van der Waals surface area contributed by atoms with Crippen molar-refractivity contribution in [2.75, 3.05) is 13.2 Å². The van der Waals surface area contributed by atoms with Gasteiger partial charge in [-0.25, -0.2) is 0 Å². The van der Waals surface area contributed by atoms with E-state index in [0.29, 0.717) is 24.8 Å². The maximum absolute atomic E-state index is 12.1. The smallest absolute Gasteiger partial charge is 0.157 e. The van der Waals surface area contributed by atoms with Gasteiger partial charge in [0.05, 0.1) is 13.2 Å². The Hall–Kier alpha value is -1.32. The Morgan fingerprint density at radius 2 is 2.33 bits per heavy atom. The number of hydrogen-bond donors (Lipinski definition) is 0. The third-order valence-corrected chi connectivity index (χ3v) is 3.68. The van der Waals surface area contributed by atoms with Crippen LogP contribution in [0.3, 0.4) is 0 Å². The number of ether oxygens (including phenoxy) is 1. The molecule has 1 unspecified atom stereocenters. The second-order valence-corrected chi connectivity index (χ2v) is 5.11. The lowest BCUT2D eigenvalue weighted by Crippen LogP contribution is -2.19. The summed E-state index contributed by atoms with van der Waals surface area (Å²) in [4.78, 5) is 12.1. The molecule has 0 aliphatic carbocycles. The number of benzene rings is 1. The molecule has 2 aromatic rings. The molecule has 1 aromatic heterocycles. The van der Waals surface area contributed by atoms with E-state index >= 15 is 0 Å². The molecule has 94 valence electrons. The predicted molar refractivity (Wildman–Crippen MR) is 70.9 cm³/mol.